The molecule has 40 heavy (non-hydrogen) atoms. The number of thiazole rings is 1. The third-order valence-electron chi connectivity index (χ3n) is 6.78. The van der Waals surface area contributed by atoms with E-state index in [0.29, 0.717) is 13.2 Å². The van der Waals surface area contributed by atoms with Crippen LogP contribution in [0.1, 0.15) is 76.7 Å². The van der Waals surface area contributed by atoms with E-state index in [1.54, 1.807) is 41.7 Å². The molecule has 1 heterocycles. The fourth-order valence-corrected chi connectivity index (χ4v) is 6.07. The molecule has 1 N–H and O–H groups in total. The van der Waals surface area contributed by atoms with Gasteiger partial charge in [0, 0.05) is 5.56 Å². The fraction of sp³-hybridized carbons (Fsp3) is 0.406. The molecule has 214 valence electrons. The lowest BCUT2D eigenvalue weighted by Crippen LogP contribution is -2.30. The van der Waals surface area contributed by atoms with E-state index in [-0.39, 0.29) is 11.5 Å². The first-order valence-corrected chi connectivity index (χ1v) is 16.8. The van der Waals surface area contributed by atoms with Crippen LogP contribution in [0.5, 0.6) is 17.2 Å². The normalized spacial score (nSPS) is 12.8. The van der Waals surface area contributed by atoms with Gasteiger partial charge >= 0.3 is 7.82 Å². The number of unbranched alkanes of at least 4 members (excludes halogenated alkanes) is 9. The van der Waals surface area contributed by atoms with Gasteiger partial charge in [-0.15, -0.1) is 0 Å². The molecule has 4 aromatic rings. The Hall–Kier alpha value is -2.86. The molecule has 0 bridgehead atoms. The molecule has 0 radical (unpaired) electrons. The molecule has 0 fully saturated rings. The Kier molecular flexibility index (Phi) is 11.9. The average Bonchev–Trinajstić information content (AvgIpc) is 3.44. The SMILES string of the molecule is CCCCCCCCCCCCOc1ccc2ccc(OP(=O)(O)Oc3cccc(C[n+]4ccsc4)c3)cc2c1. The Morgan fingerprint density at radius 1 is 0.775 bits per heavy atom. The summed E-state index contributed by atoms with van der Waals surface area (Å²) in [6.45, 7) is 3.58. The lowest BCUT2D eigenvalue weighted by Gasteiger charge is -2.15. The van der Waals surface area contributed by atoms with Crippen molar-refractivity contribution in [1.82, 2.24) is 0 Å². The van der Waals surface area contributed by atoms with E-state index < -0.39 is 7.82 Å². The largest absolute Gasteiger partial charge is 0.584 e. The highest BCUT2D eigenvalue weighted by Crippen LogP contribution is 2.45. The van der Waals surface area contributed by atoms with Crippen molar-refractivity contribution in [1.29, 1.82) is 0 Å². The van der Waals surface area contributed by atoms with Gasteiger partial charge in [0.2, 0.25) is 5.51 Å². The summed E-state index contributed by atoms with van der Waals surface area (Å²) in [5.74, 6) is 1.32. The van der Waals surface area contributed by atoms with Crippen molar-refractivity contribution in [3.63, 3.8) is 0 Å². The molecule has 0 amide bonds. The Balaban J connectivity index is 1.24. The quantitative estimate of drug-likeness (QED) is 0.0720. The molecule has 4 rings (SSSR count). The first-order chi connectivity index (χ1) is 19.5. The molecule has 0 spiro atoms. The van der Waals surface area contributed by atoms with Crippen LogP contribution >= 0.6 is 19.2 Å². The second-order valence-electron chi connectivity index (χ2n) is 10.2. The predicted molar refractivity (Wildman–Crippen MR) is 162 cm³/mol. The number of aromatic nitrogens is 1. The van der Waals surface area contributed by atoms with Crippen molar-refractivity contribution in [2.45, 2.75) is 77.7 Å². The molecule has 1 atom stereocenters. The lowest BCUT2D eigenvalue weighted by molar-refractivity contribution is -0.683. The van der Waals surface area contributed by atoms with Gasteiger partial charge in [-0.1, -0.05) is 100 Å². The number of phosphoric acid groups is 1. The standard InChI is InChI=1S/C32H40NO5PS/c1-2-3-4-5-6-7-8-9-10-11-20-36-30-17-15-28-16-18-32(24-29(28)23-30)38-39(34,35)37-31-14-12-13-27(22-31)25-33-19-21-40-26-33/h12-19,21-24,26H,2-11,20,25H2,1H3/p+1. The molecule has 6 nitrogen and oxygen atoms in total. The summed E-state index contributed by atoms with van der Waals surface area (Å²) in [4.78, 5) is 10.4. The summed E-state index contributed by atoms with van der Waals surface area (Å²) in [5, 5.41) is 3.85. The minimum absolute atomic E-state index is 0.259. The Bertz CT molecular complexity index is 1360. The zero-order chi connectivity index (χ0) is 28.0. The van der Waals surface area contributed by atoms with E-state index in [9.17, 15) is 9.46 Å². The minimum Gasteiger partial charge on any atom is -0.494 e. The highest BCUT2D eigenvalue weighted by Gasteiger charge is 2.25. The van der Waals surface area contributed by atoms with Crippen molar-refractivity contribution >= 4 is 29.9 Å². The number of rotatable bonds is 18. The monoisotopic (exact) mass is 582 g/mol. The van der Waals surface area contributed by atoms with Gasteiger partial charge < -0.3 is 13.8 Å². The van der Waals surface area contributed by atoms with Crippen molar-refractivity contribution < 1.29 is 27.8 Å². The van der Waals surface area contributed by atoms with Crippen LogP contribution in [0.3, 0.4) is 0 Å². The summed E-state index contributed by atoms with van der Waals surface area (Å²) in [6.07, 6.45) is 14.9. The van der Waals surface area contributed by atoms with E-state index in [0.717, 1.165) is 28.5 Å². The molecule has 0 aliphatic carbocycles. The maximum Gasteiger partial charge on any atom is 0.584 e. The van der Waals surface area contributed by atoms with Gasteiger partial charge in [-0.05, 0) is 53.6 Å². The van der Waals surface area contributed by atoms with E-state index in [2.05, 4.69) is 6.92 Å². The van der Waals surface area contributed by atoms with Crippen LogP contribution in [0, 0.1) is 0 Å². The van der Waals surface area contributed by atoms with Crippen LogP contribution in [0.15, 0.2) is 77.8 Å². The molecule has 1 aromatic heterocycles. The maximum atomic E-state index is 12.8. The van der Waals surface area contributed by atoms with E-state index in [1.807, 2.05) is 52.0 Å². The van der Waals surface area contributed by atoms with Gasteiger partial charge in [0.15, 0.2) is 12.7 Å². The van der Waals surface area contributed by atoms with E-state index >= 15 is 0 Å². The summed E-state index contributed by atoms with van der Waals surface area (Å²) in [7, 11) is -4.39. The van der Waals surface area contributed by atoms with Crippen LogP contribution in [-0.2, 0) is 11.1 Å². The van der Waals surface area contributed by atoms with Crippen molar-refractivity contribution in [3.05, 3.63) is 83.3 Å². The number of phosphoric ester groups is 1. The van der Waals surface area contributed by atoms with Gasteiger partial charge in [-0.25, -0.2) is 4.57 Å². The summed E-state index contributed by atoms with van der Waals surface area (Å²) in [6, 6.07) is 18.3. The summed E-state index contributed by atoms with van der Waals surface area (Å²) in [5.41, 5.74) is 2.96. The second-order valence-corrected chi connectivity index (χ2v) is 12.3. The molecule has 0 aliphatic rings. The highest BCUT2D eigenvalue weighted by atomic mass is 32.1. The van der Waals surface area contributed by atoms with Gasteiger partial charge in [0.05, 0.1) is 12.0 Å². The van der Waals surface area contributed by atoms with Gasteiger partial charge in [0.25, 0.3) is 0 Å². The Morgan fingerprint density at radius 3 is 2.12 bits per heavy atom. The van der Waals surface area contributed by atoms with Gasteiger partial charge in [-0.2, -0.15) is 4.57 Å². The van der Waals surface area contributed by atoms with Crippen LogP contribution in [0.2, 0.25) is 0 Å². The molecule has 1 unspecified atom stereocenters. The van der Waals surface area contributed by atoms with Crippen LogP contribution in [0.25, 0.3) is 10.8 Å². The Morgan fingerprint density at radius 2 is 1.43 bits per heavy atom. The summed E-state index contributed by atoms with van der Waals surface area (Å²) < 4.78 is 31.6. The molecular formula is C32H41NO5PS+. The Labute approximate surface area is 242 Å². The number of hydrogen-bond donors (Lipinski definition) is 1. The van der Waals surface area contributed by atoms with E-state index in [4.69, 9.17) is 13.8 Å². The average molecular weight is 583 g/mol. The third-order valence-corrected chi connectivity index (χ3v) is 8.34. The first kappa shape index (κ1) is 30.1. The summed E-state index contributed by atoms with van der Waals surface area (Å²) >= 11 is 1.61. The predicted octanol–water partition coefficient (Wildman–Crippen LogP) is 9.10. The molecule has 0 aliphatic heterocycles. The van der Waals surface area contributed by atoms with Crippen molar-refractivity contribution in [2.24, 2.45) is 0 Å². The van der Waals surface area contributed by atoms with Gasteiger partial charge in [-0.3, -0.25) is 4.89 Å². The molecule has 8 heteroatoms. The van der Waals surface area contributed by atoms with Crippen molar-refractivity contribution in [2.75, 3.05) is 6.61 Å². The second kappa shape index (κ2) is 15.8. The van der Waals surface area contributed by atoms with Crippen LogP contribution < -0.4 is 18.4 Å². The molecular weight excluding hydrogens is 541 g/mol. The number of nitrogens with zero attached hydrogens (tertiary/aromatic N) is 1. The fourth-order valence-electron chi connectivity index (χ4n) is 4.68. The smallest absolute Gasteiger partial charge is 0.494 e. The number of ether oxygens (including phenoxy) is 1. The number of fused-ring (bicyclic) bond motifs is 1. The highest BCUT2D eigenvalue weighted by molar-refractivity contribution is 7.48. The van der Waals surface area contributed by atoms with Crippen LogP contribution in [-0.4, -0.2) is 11.5 Å². The minimum atomic E-state index is -4.39. The van der Waals surface area contributed by atoms with E-state index in [1.165, 1.54) is 57.8 Å². The molecule has 0 saturated heterocycles. The zero-order valence-electron chi connectivity index (χ0n) is 23.4. The lowest BCUT2D eigenvalue weighted by atomic mass is 10.1. The first-order valence-electron chi connectivity index (χ1n) is 14.4. The molecule has 0 saturated carbocycles. The maximum absolute atomic E-state index is 12.8. The number of benzene rings is 3. The van der Waals surface area contributed by atoms with Crippen LogP contribution in [0.4, 0.5) is 0 Å². The van der Waals surface area contributed by atoms with Crippen molar-refractivity contribution in [3.8, 4) is 17.2 Å². The van der Waals surface area contributed by atoms with Gasteiger partial charge in [0.1, 0.15) is 17.2 Å². The molecule has 3 aromatic carbocycles. The zero-order valence-corrected chi connectivity index (χ0v) is 25.1. The number of hydrogen-bond acceptors (Lipinski definition) is 5. The third kappa shape index (κ3) is 10.3. The topological polar surface area (TPSA) is 68.9 Å².